The van der Waals surface area contributed by atoms with Crippen molar-refractivity contribution in [1.82, 2.24) is 15.5 Å². The maximum absolute atomic E-state index is 12.5. The van der Waals surface area contributed by atoms with E-state index in [9.17, 15) is 19.2 Å². The summed E-state index contributed by atoms with van der Waals surface area (Å²) in [5.41, 5.74) is 2.74. The largest absolute Gasteiger partial charge is 0.454 e. The van der Waals surface area contributed by atoms with E-state index in [2.05, 4.69) is 22.8 Å². The number of carbonyl (C=O) groups is 4. The number of rotatable bonds is 8. The molecule has 0 bridgehead atoms. The number of fused-ring (bicyclic) bond motifs is 1. The molecule has 1 aliphatic heterocycles. The predicted octanol–water partition coefficient (Wildman–Crippen LogP) is 2.40. The molecule has 168 valence electrons. The van der Waals surface area contributed by atoms with Gasteiger partial charge >= 0.3 is 12.0 Å². The molecule has 0 radical (unpaired) electrons. The highest BCUT2D eigenvalue weighted by molar-refractivity contribution is 6.08. The van der Waals surface area contributed by atoms with Crippen molar-refractivity contribution in [1.29, 1.82) is 0 Å². The molecule has 8 heteroatoms. The van der Waals surface area contributed by atoms with Gasteiger partial charge in [-0.1, -0.05) is 32.0 Å². The van der Waals surface area contributed by atoms with E-state index in [0.29, 0.717) is 12.8 Å². The van der Waals surface area contributed by atoms with Crippen LogP contribution in [0, 0.1) is 0 Å². The lowest BCUT2D eigenvalue weighted by molar-refractivity contribution is -0.151. The SMILES string of the molecule is CCC1(CC)NC(=O)N(CC(=O)OCC(=O)N[C@@H](C)c2ccc3c(c2)CCCC3)C1=O. The van der Waals surface area contributed by atoms with Crippen LogP contribution in [0.3, 0.4) is 0 Å². The maximum atomic E-state index is 12.5. The highest BCUT2D eigenvalue weighted by atomic mass is 16.5. The standard InChI is InChI=1S/C23H31N3O5/c1-4-23(5-2)21(29)26(22(30)25-23)13-20(28)31-14-19(27)24-15(3)17-11-10-16-8-6-7-9-18(16)12-17/h10-12,15H,4-9,13-14H2,1-3H3,(H,24,27)(H,25,30)/t15-/m0/s1. The Morgan fingerprint density at radius 3 is 2.48 bits per heavy atom. The Hall–Kier alpha value is -2.90. The molecule has 4 amide bonds. The summed E-state index contributed by atoms with van der Waals surface area (Å²) in [6, 6.07) is 5.44. The molecule has 8 nitrogen and oxygen atoms in total. The van der Waals surface area contributed by atoms with Gasteiger partial charge in [-0.15, -0.1) is 0 Å². The number of imide groups is 1. The van der Waals surface area contributed by atoms with Crippen molar-refractivity contribution in [3.8, 4) is 0 Å². The topological polar surface area (TPSA) is 105 Å². The van der Waals surface area contributed by atoms with Gasteiger partial charge in [-0.25, -0.2) is 4.79 Å². The molecule has 1 fully saturated rings. The molecule has 0 unspecified atom stereocenters. The number of aryl methyl sites for hydroxylation is 2. The Kier molecular flexibility index (Phi) is 6.97. The molecule has 31 heavy (non-hydrogen) atoms. The average molecular weight is 430 g/mol. The van der Waals surface area contributed by atoms with Crippen LogP contribution in [-0.2, 0) is 32.0 Å². The quantitative estimate of drug-likeness (QED) is 0.488. The average Bonchev–Trinajstić information content (AvgIpc) is 3.02. The van der Waals surface area contributed by atoms with Crippen molar-refractivity contribution in [3.63, 3.8) is 0 Å². The third-order valence-corrected chi connectivity index (χ3v) is 6.35. The van der Waals surface area contributed by atoms with Gasteiger partial charge in [-0.2, -0.15) is 0 Å². The number of nitrogens with zero attached hydrogens (tertiary/aromatic N) is 1. The lowest BCUT2D eigenvalue weighted by atomic mass is 9.89. The summed E-state index contributed by atoms with van der Waals surface area (Å²) >= 11 is 0. The zero-order valence-electron chi connectivity index (χ0n) is 18.5. The number of benzene rings is 1. The number of hydrogen-bond donors (Lipinski definition) is 2. The van der Waals surface area contributed by atoms with Gasteiger partial charge in [0.2, 0.25) is 0 Å². The fourth-order valence-corrected chi connectivity index (χ4v) is 4.26. The molecule has 1 aromatic rings. The molecule has 2 N–H and O–H groups in total. The highest BCUT2D eigenvalue weighted by Gasteiger charge is 2.49. The molecule has 0 spiro atoms. The second kappa shape index (κ2) is 9.49. The first-order chi connectivity index (χ1) is 14.8. The first kappa shape index (κ1) is 22.8. The van der Waals surface area contributed by atoms with Crippen LogP contribution < -0.4 is 10.6 Å². The van der Waals surface area contributed by atoms with Crippen LogP contribution in [0.5, 0.6) is 0 Å². The van der Waals surface area contributed by atoms with E-state index in [1.54, 1.807) is 13.8 Å². The number of carbonyl (C=O) groups excluding carboxylic acids is 4. The van der Waals surface area contributed by atoms with Crippen molar-refractivity contribution in [2.45, 2.75) is 70.9 Å². The summed E-state index contributed by atoms with van der Waals surface area (Å²) in [4.78, 5) is 49.8. The maximum Gasteiger partial charge on any atom is 0.326 e. The van der Waals surface area contributed by atoms with Crippen molar-refractivity contribution < 1.29 is 23.9 Å². The van der Waals surface area contributed by atoms with Crippen LogP contribution >= 0.6 is 0 Å². The number of esters is 1. The molecule has 1 aliphatic carbocycles. The minimum absolute atomic E-state index is 0.223. The molecule has 3 rings (SSSR count). The third-order valence-electron chi connectivity index (χ3n) is 6.35. The van der Waals surface area contributed by atoms with Gasteiger partial charge in [0.1, 0.15) is 12.1 Å². The van der Waals surface area contributed by atoms with Crippen LogP contribution in [0.15, 0.2) is 18.2 Å². The molecule has 1 saturated heterocycles. The van der Waals surface area contributed by atoms with Gasteiger partial charge in [-0.05, 0) is 62.1 Å². The summed E-state index contributed by atoms with van der Waals surface area (Å²) < 4.78 is 5.00. The lowest BCUT2D eigenvalue weighted by Crippen LogP contribution is -2.46. The van der Waals surface area contributed by atoms with E-state index < -0.39 is 42.5 Å². The van der Waals surface area contributed by atoms with Gasteiger partial charge in [-0.3, -0.25) is 19.3 Å². The number of ether oxygens (including phenoxy) is 1. The van der Waals surface area contributed by atoms with Crippen LogP contribution in [0.4, 0.5) is 4.79 Å². The first-order valence-electron chi connectivity index (χ1n) is 11.0. The molecule has 1 atom stereocenters. The van der Waals surface area contributed by atoms with Crippen LogP contribution in [0.2, 0.25) is 0 Å². The molecule has 1 aromatic carbocycles. The second-order valence-corrected chi connectivity index (χ2v) is 8.30. The summed E-state index contributed by atoms with van der Waals surface area (Å²) in [6.45, 7) is 4.51. The molecule has 0 saturated carbocycles. The zero-order valence-corrected chi connectivity index (χ0v) is 18.5. The van der Waals surface area contributed by atoms with Gasteiger partial charge in [0.05, 0.1) is 6.04 Å². The Labute approximate surface area is 182 Å². The monoisotopic (exact) mass is 429 g/mol. The number of nitrogens with one attached hydrogen (secondary N) is 2. The molecule has 0 aromatic heterocycles. The Morgan fingerprint density at radius 1 is 1.16 bits per heavy atom. The van der Waals surface area contributed by atoms with Crippen LogP contribution in [0.25, 0.3) is 0 Å². The molecular weight excluding hydrogens is 398 g/mol. The van der Waals surface area contributed by atoms with Crippen molar-refractivity contribution >= 4 is 23.8 Å². The van der Waals surface area contributed by atoms with E-state index in [1.165, 1.54) is 24.0 Å². The molecular formula is C23H31N3O5. The van der Waals surface area contributed by atoms with Gasteiger partial charge in [0.25, 0.3) is 11.8 Å². The van der Waals surface area contributed by atoms with E-state index in [0.717, 1.165) is 23.3 Å². The summed E-state index contributed by atoms with van der Waals surface area (Å²) in [6.07, 6.45) is 5.42. The van der Waals surface area contributed by atoms with Gasteiger partial charge in [0, 0.05) is 0 Å². The van der Waals surface area contributed by atoms with Crippen LogP contribution in [0.1, 0.15) is 69.2 Å². The number of amides is 4. The summed E-state index contributed by atoms with van der Waals surface area (Å²) in [7, 11) is 0. The first-order valence-corrected chi connectivity index (χ1v) is 11.0. The van der Waals surface area contributed by atoms with Gasteiger partial charge in [0.15, 0.2) is 6.61 Å². The van der Waals surface area contributed by atoms with Crippen molar-refractivity contribution in [3.05, 3.63) is 34.9 Å². The normalized spacial score (nSPS) is 18.2. The van der Waals surface area contributed by atoms with Gasteiger partial charge < -0.3 is 15.4 Å². The van der Waals surface area contributed by atoms with Crippen molar-refractivity contribution in [2.75, 3.05) is 13.2 Å². The molecule has 1 heterocycles. The third kappa shape index (κ3) is 4.89. The van der Waals surface area contributed by atoms with Crippen molar-refractivity contribution in [2.24, 2.45) is 0 Å². The van der Waals surface area contributed by atoms with Crippen LogP contribution in [-0.4, -0.2) is 47.4 Å². The summed E-state index contributed by atoms with van der Waals surface area (Å²) in [5.74, 6) is -1.68. The number of urea groups is 1. The number of hydrogen-bond acceptors (Lipinski definition) is 5. The smallest absolute Gasteiger partial charge is 0.326 e. The van der Waals surface area contributed by atoms with E-state index >= 15 is 0 Å². The second-order valence-electron chi connectivity index (χ2n) is 8.30. The lowest BCUT2D eigenvalue weighted by Gasteiger charge is -2.22. The van der Waals surface area contributed by atoms with E-state index in [4.69, 9.17) is 4.74 Å². The van der Waals surface area contributed by atoms with E-state index in [1.807, 2.05) is 13.0 Å². The van der Waals surface area contributed by atoms with E-state index in [-0.39, 0.29) is 6.04 Å². The Morgan fingerprint density at radius 2 is 1.84 bits per heavy atom. The predicted molar refractivity (Wildman–Crippen MR) is 114 cm³/mol. The Balaban J connectivity index is 1.49. The fraction of sp³-hybridized carbons (Fsp3) is 0.565. The fourth-order valence-electron chi connectivity index (χ4n) is 4.26. The Bertz CT molecular complexity index is 878. The summed E-state index contributed by atoms with van der Waals surface area (Å²) in [5, 5.41) is 5.48. The molecule has 2 aliphatic rings. The minimum Gasteiger partial charge on any atom is -0.454 e. The highest BCUT2D eigenvalue weighted by Crippen LogP contribution is 2.25. The minimum atomic E-state index is -0.973. The zero-order chi connectivity index (χ0) is 22.6.